The SMILES string of the molecule is Cc1cnn(C[C@@H]2CCCN2CC(=O)Nc2cc(C(C)C)no2)c1. The first-order valence-electron chi connectivity index (χ1n) is 8.51. The van der Waals surface area contributed by atoms with Crippen LogP contribution in [0.2, 0.25) is 0 Å². The fourth-order valence-corrected chi connectivity index (χ4v) is 3.07. The summed E-state index contributed by atoms with van der Waals surface area (Å²) < 4.78 is 7.13. The molecule has 24 heavy (non-hydrogen) atoms. The standard InChI is InChI=1S/C17H25N5O2/c1-12(2)15-7-17(24-20-15)19-16(23)11-21-6-4-5-14(21)10-22-9-13(3)8-18-22/h7-9,12,14H,4-6,10-11H2,1-3H3,(H,19,23)/t14-/m0/s1. The quantitative estimate of drug-likeness (QED) is 0.879. The molecule has 1 atom stereocenters. The van der Waals surface area contributed by atoms with E-state index in [1.54, 1.807) is 6.07 Å². The van der Waals surface area contributed by atoms with Gasteiger partial charge in [0, 0.05) is 18.3 Å². The number of hydrogen-bond donors (Lipinski definition) is 1. The molecule has 7 nitrogen and oxygen atoms in total. The number of nitrogens with one attached hydrogen (secondary N) is 1. The van der Waals surface area contributed by atoms with Crippen molar-refractivity contribution in [3.8, 4) is 0 Å². The van der Waals surface area contributed by atoms with Crippen molar-refractivity contribution in [3.05, 3.63) is 29.7 Å². The van der Waals surface area contributed by atoms with Crippen LogP contribution in [0.15, 0.2) is 23.0 Å². The Morgan fingerprint density at radius 1 is 1.50 bits per heavy atom. The smallest absolute Gasteiger partial charge is 0.240 e. The lowest BCUT2D eigenvalue weighted by molar-refractivity contribution is -0.117. The van der Waals surface area contributed by atoms with Crippen molar-refractivity contribution in [3.63, 3.8) is 0 Å². The zero-order valence-corrected chi connectivity index (χ0v) is 14.5. The Hall–Kier alpha value is -2.15. The second kappa shape index (κ2) is 7.17. The largest absolute Gasteiger partial charge is 0.338 e. The van der Waals surface area contributed by atoms with Gasteiger partial charge in [-0.25, -0.2) is 0 Å². The minimum atomic E-state index is -0.0648. The van der Waals surface area contributed by atoms with Crippen LogP contribution < -0.4 is 5.32 Å². The number of rotatable bonds is 6. The predicted octanol–water partition coefficient (Wildman–Crippen LogP) is 2.41. The molecular formula is C17H25N5O2. The molecule has 130 valence electrons. The van der Waals surface area contributed by atoms with E-state index in [9.17, 15) is 4.79 Å². The molecule has 1 N–H and O–H groups in total. The molecule has 1 aliphatic heterocycles. The summed E-state index contributed by atoms with van der Waals surface area (Å²) in [6.45, 7) is 8.23. The lowest BCUT2D eigenvalue weighted by Crippen LogP contribution is -2.39. The number of anilines is 1. The molecule has 0 unspecified atom stereocenters. The number of nitrogens with zero attached hydrogens (tertiary/aromatic N) is 4. The maximum atomic E-state index is 12.3. The fraction of sp³-hybridized carbons (Fsp3) is 0.588. The number of aromatic nitrogens is 3. The molecule has 0 bridgehead atoms. The van der Waals surface area contributed by atoms with Gasteiger partial charge < -0.3 is 4.52 Å². The highest BCUT2D eigenvalue weighted by Crippen LogP contribution is 2.20. The van der Waals surface area contributed by atoms with Crippen LogP contribution >= 0.6 is 0 Å². The van der Waals surface area contributed by atoms with Crippen molar-refractivity contribution in [2.45, 2.75) is 52.1 Å². The van der Waals surface area contributed by atoms with Gasteiger partial charge in [-0.15, -0.1) is 0 Å². The summed E-state index contributed by atoms with van der Waals surface area (Å²) in [5, 5.41) is 11.1. The molecule has 3 rings (SSSR count). The van der Waals surface area contributed by atoms with Crippen LogP contribution in [0.3, 0.4) is 0 Å². The van der Waals surface area contributed by atoms with Crippen LogP contribution in [0.4, 0.5) is 5.88 Å². The van der Waals surface area contributed by atoms with E-state index in [0.717, 1.165) is 37.2 Å². The monoisotopic (exact) mass is 331 g/mol. The number of carbonyl (C=O) groups excluding carboxylic acids is 1. The van der Waals surface area contributed by atoms with Gasteiger partial charge in [0.15, 0.2) is 0 Å². The normalized spacial score (nSPS) is 18.4. The van der Waals surface area contributed by atoms with Gasteiger partial charge in [0.05, 0.1) is 25.0 Å². The van der Waals surface area contributed by atoms with Gasteiger partial charge in [-0.2, -0.15) is 5.10 Å². The third kappa shape index (κ3) is 4.03. The molecule has 1 fully saturated rings. The van der Waals surface area contributed by atoms with Crippen LogP contribution in [0.1, 0.15) is 43.9 Å². The van der Waals surface area contributed by atoms with Crippen LogP contribution in [0.5, 0.6) is 0 Å². The maximum absolute atomic E-state index is 12.3. The minimum absolute atomic E-state index is 0.0648. The van der Waals surface area contributed by atoms with E-state index in [0.29, 0.717) is 18.5 Å². The first-order valence-corrected chi connectivity index (χ1v) is 8.51. The Labute approximate surface area is 142 Å². The van der Waals surface area contributed by atoms with Gasteiger partial charge in [-0.1, -0.05) is 19.0 Å². The van der Waals surface area contributed by atoms with E-state index in [1.165, 1.54) is 0 Å². The average molecular weight is 331 g/mol. The van der Waals surface area contributed by atoms with Crippen molar-refractivity contribution in [2.24, 2.45) is 0 Å². The summed E-state index contributed by atoms with van der Waals surface area (Å²) in [4.78, 5) is 14.5. The molecule has 0 aliphatic carbocycles. The summed E-state index contributed by atoms with van der Waals surface area (Å²) in [6, 6.07) is 2.13. The molecule has 1 saturated heterocycles. The van der Waals surface area contributed by atoms with Crippen molar-refractivity contribution in [1.82, 2.24) is 19.8 Å². The zero-order chi connectivity index (χ0) is 17.1. The van der Waals surface area contributed by atoms with Gasteiger partial charge in [0.1, 0.15) is 0 Å². The zero-order valence-electron chi connectivity index (χ0n) is 14.5. The second-order valence-electron chi connectivity index (χ2n) is 6.83. The second-order valence-corrected chi connectivity index (χ2v) is 6.83. The summed E-state index contributed by atoms with van der Waals surface area (Å²) in [5.41, 5.74) is 2.00. The molecule has 0 radical (unpaired) electrons. The molecule has 1 amide bonds. The lowest BCUT2D eigenvalue weighted by atomic mass is 10.1. The number of amides is 1. The van der Waals surface area contributed by atoms with Gasteiger partial charge in [-0.05, 0) is 37.8 Å². The molecule has 2 aromatic heterocycles. The molecule has 1 aliphatic rings. The molecular weight excluding hydrogens is 306 g/mol. The minimum Gasteiger partial charge on any atom is -0.338 e. The Morgan fingerprint density at radius 2 is 2.33 bits per heavy atom. The highest BCUT2D eigenvalue weighted by Gasteiger charge is 2.27. The Morgan fingerprint density at radius 3 is 3.00 bits per heavy atom. The number of likely N-dealkylation sites (tertiary alicyclic amines) is 1. The third-order valence-corrected chi connectivity index (χ3v) is 4.39. The summed E-state index contributed by atoms with van der Waals surface area (Å²) >= 11 is 0. The summed E-state index contributed by atoms with van der Waals surface area (Å²) in [7, 11) is 0. The Bertz CT molecular complexity index is 691. The fourth-order valence-electron chi connectivity index (χ4n) is 3.07. The van der Waals surface area contributed by atoms with Crippen molar-refractivity contribution in [1.29, 1.82) is 0 Å². The maximum Gasteiger partial charge on any atom is 0.240 e. The van der Waals surface area contributed by atoms with Crippen molar-refractivity contribution in [2.75, 3.05) is 18.4 Å². The van der Waals surface area contributed by atoms with Gasteiger partial charge in [0.2, 0.25) is 11.8 Å². The number of aryl methyl sites for hydroxylation is 1. The van der Waals surface area contributed by atoms with Crippen LogP contribution in [0, 0.1) is 6.92 Å². The molecule has 0 saturated carbocycles. The topological polar surface area (TPSA) is 76.2 Å². The number of carbonyl (C=O) groups is 1. The van der Waals surface area contributed by atoms with Crippen molar-refractivity contribution >= 4 is 11.8 Å². The number of hydrogen-bond acceptors (Lipinski definition) is 5. The lowest BCUT2D eigenvalue weighted by Gasteiger charge is -2.23. The molecule has 3 heterocycles. The van der Waals surface area contributed by atoms with Crippen LogP contribution in [-0.2, 0) is 11.3 Å². The third-order valence-electron chi connectivity index (χ3n) is 4.39. The first-order chi connectivity index (χ1) is 11.5. The van der Waals surface area contributed by atoms with Gasteiger partial charge in [0.25, 0.3) is 0 Å². The molecule has 0 spiro atoms. The molecule has 0 aromatic carbocycles. The Balaban J connectivity index is 1.54. The van der Waals surface area contributed by atoms with E-state index >= 15 is 0 Å². The van der Waals surface area contributed by atoms with Gasteiger partial charge in [-0.3, -0.25) is 19.7 Å². The van der Waals surface area contributed by atoms with E-state index in [4.69, 9.17) is 4.52 Å². The van der Waals surface area contributed by atoms with Crippen molar-refractivity contribution < 1.29 is 9.32 Å². The summed E-state index contributed by atoms with van der Waals surface area (Å²) in [6.07, 6.45) is 6.10. The first kappa shape index (κ1) is 16.7. The average Bonchev–Trinajstić information content (AvgIpc) is 3.23. The highest BCUT2D eigenvalue weighted by atomic mass is 16.5. The van der Waals surface area contributed by atoms with E-state index < -0.39 is 0 Å². The Kier molecular flexibility index (Phi) is 4.99. The molecule has 7 heteroatoms. The van der Waals surface area contributed by atoms with Crippen LogP contribution in [0.25, 0.3) is 0 Å². The predicted molar refractivity (Wildman–Crippen MR) is 90.8 cm³/mol. The van der Waals surface area contributed by atoms with E-state index in [1.807, 2.05) is 37.8 Å². The van der Waals surface area contributed by atoms with E-state index in [-0.39, 0.29) is 11.8 Å². The highest BCUT2D eigenvalue weighted by molar-refractivity contribution is 5.91. The van der Waals surface area contributed by atoms with E-state index in [2.05, 4.69) is 20.5 Å². The van der Waals surface area contributed by atoms with Crippen LogP contribution in [-0.4, -0.2) is 44.9 Å². The molecule has 2 aromatic rings. The summed E-state index contributed by atoms with van der Waals surface area (Å²) in [5.74, 6) is 0.632. The van der Waals surface area contributed by atoms with Gasteiger partial charge >= 0.3 is 0 Å².